The maximum absolute atomic E-state index is 10.9. The van der Waals surface area contributed by atoms with Gasteiger partial charge in [-0.05, 0) is 6.42 Å². The number of amides is 1. The quantitative estimate of drug-likeness (QED) is 0.504. The van der Waals surface area contributed by atoms with Crippen molar-refractivity contribution in [2.75, 3.05) is 13.2 Å². The Morgan fingerprint density at radius 2 is 2.31 bits per heavy atom. The topological polar surface area (TPSA) is 38.3 Å². The molecule has 0 unspecified atom stereocenters. The molecule has 0 aromatic rings. The average molecular weight is 183 g/mol. The lowest BCUT2D eigenvalue weighted by Crippen LogP contribution is -2.25. The van der Waals surface area contributed by atoms with E-state index in [9.17, 15) is 4.79 Å². The number of unbranched alkanes of at least 4 members (excludes halogenated alkanes) is 2. The first-order chi connectivity index (χ1) is 6.31. The van der Waals surface area contributed by atoms with Crippen LogP contribution in [0.1, 0.15) is 32.6 Å². The van der Waals surface area contributed by atoms with Gasteiger partial charge in [-0.3, -0.25) is 0 Å². The van der Waals surface area contributed by atoms with Gasteiger partial charge in [0, 0.05) is 13.0 Å². The molecule has 0 spiro atoms. The summed E-state index contributed by atoms with van der Waals surface area (Å²) in [4.78, 5) is 10.9. The van der Waals surface area contributed by atoms with Gasteiger partial charge in [-0.15, -0.1) is 12.3 Å². The minimum Gasteiger partial charge on any atom is -0.449 e. The maximum atomic E-state index is 10.9. The predicted octanol–water partition coefficient (Wildman–Crippen LogP) is 1.93. The van der Waals surface area contributed by atoms with E-state index in [1.54, 1.807) is 0 Å². The minimum absolute atomic E-state index is 0.302. The molecule has 0 aliphatic carbocycles. The third-order valence-electron chi connectivity index (χ3n) is 1.53. The van der Waals surface area contributed by atoms with Gasteiger partial charge >= 0.3 is 6.09 Å². The SMILES string of the molecule is C#CCCOC(=O)NCCCCC. The molecule has 1 N–H and O–H groups in total. The van der Waals surface area contributed by atoms with Crippen LogP contribution in [0.2, 0.25) is 0 Å². The van der Waals surface area contributed by atoms with Crippen LogP contribution in [0.15, 0.2) is 0 Å². The van der Waals surface area contributed by atoms with Gasteiger partial charge < -0.3 is 10.1 Å². The number of rotatable bonds is 6. The molecule has 13 heavy (non-hydrogen) atoms. The van der Waals surface area contributed by atoms with Crippen LogP contribution in [0.4, 0.5) is 4.79 Å². The van der Waals surface area contributed by atoms with Gasteiger partial charge in [0.15, 0.2) is 0 Å². The number of carbonyl (C=O) groups excluding carboxylic acids is 1. The average Bonchev–Trinajstić information content (AvgIpc) is 2.13. The minimum atomic E-state index is -0.369. The van der Waals surface area contributed by atoms with E-state index in [0.717, 1.165) is 19.3 Å². The fraction of sp³-hybridized carbons (Fsp3) is 0.700. The standard InChI is InChI=1S/C10H17NO2/c1-3-5-7-8-11-10(12)13-9-6-4-2/h2H,3,5-9H2,1H3,(H,11,12). The van der Waals surface area contributed by atoms with E-state index in [1.165, 1.54) is 0 Å². The third-order valence-corrected chi connectivity index (χ3v) is 1.53. The number of nitrogens with one attached hydrogen (secondary N) is 1. The van der Waals surface area contributed by atoms with Gasteiger partial charge in [0.25, 0.3) is 0 Å². The lowest BCUT2D eigenvalue weighted by atomic mass is 10.2. The second kappa shape index (κ2) is 8.92. The number of carbonyl (C=O) groups is 1. The fourth-order valence-corrected chi connectivity index (χ4v) is 0.819. The summed E-state index contributed by atoms with van der Waals surface area (Å²) in [6.45, 7) is 3.10. The molecule has 3 nitrogen and oxygen atoms in total. The Kier molecular flexibility index (Phi) is 8.12. The molecule has 0 aliphatic rings. The Morgan fingerprint density at radius 3 is 2.92 bits per heavy atom. The summed E-state index contributed by atoms with van der Waals surface area (Å²) < 4.78 is 4.77. The van der Waals surface area contributed by atoms with Gasteiger partial charge in [0.05, 0.1) is 0 Å². The van der Waals surface area contributed by atoms with E-state index in [-0.39, 0.29) is 6.09 Å². The first-order valence-electron chi connectivity index (χ1n) is 4.65. The van der Waals surface area contributed by atoms with E-state index >= 15 is 0 Å². The highest BCUT2D eigenvalue weighted by atomic mass is 16.5. The van der Waals surface area contributed by atoms with Crippen LogP contribution in [0, 0.1) is 12.3 Å². The Bertz CT molecular complexity index is 172. The molecule has 0 saturated heterocycles. The summed E-state index contributed by atoms with van der Waals surface area (Å²) in [5.74, 6) is 2.39. The lowest BCUT2D eigenvalue weighted by Gasteiger charge is -2.04. The highest BCUT2D eigenvalue weighted by Gasteiger charge is 1.98. The zero-order chi connectivity index (χ0) is 9.94. The highest BCUT2D eigenvalue weighted by Crippen LogP contribution is 1.91. The van der Waals surface area contributed by atoms with Crippen LogP contribution in [0.25, 0.3) is 0 Å². The van der Waals surface area contributed by atoms with E-state index in [2.05, 4.69) is 18.2 Å². The molecule has 0 heterocycles. The van der Waals surface area contributed by atoms with Gasteiger partial charge in [0.1, 0.15) is 6.61 Å². The predicted molar refractivity (Wildman–Crippen MR) is 52.3 cm³/mol. The second-order valence-electron chi connectivity index (χ2n) is 2.72. The molecule has 0 fully saturated rings. The Hall–Kier alpha value is -1.17. The molecule has 3 heteroatoms. The van der Waals surface area contributed by atoms with E-state index in [0.29, 0.717) is 19.6 Å². The molecule has 0 saturated carbocycles. The summed E-state index contributed by atoms with van der Waals surface area (Å²) in [6.07, 6.45) is 8.38. The molecular weight excluding hydrogens is 166 g/mol. The number of ether oxygens (including phenoxy) is 1. The van der Waals surface area contributed by atoms with Crippen LogP contribution < -0.4 is 5.32 Å². The van der Waals surface area contributed by atoms with E-state index in [4.69, 9.17) is 11.2 Å². The van der Waals surface area contributed by atoms with Crippen LogP contribution in [0.3, 0.4) is 0 Å². The van der Waals surface area contributed by atoms with Gasteiger partial charge in [-0.2, -0.15) is 0 Å². The molecule has 0 radical (unpaired) electrons. The number of hydrogen-bond acceptors (Lipinski definition) is 2. The molecular formula is C10H17NO2. The van der Waals surface area contributed by atoms with Gasteiger partial charge in [-0.1, -0.05) is 19.8 Å². The van der Waals surface area contributed by atoms with Crippen molar-refractivity contribution in [3.8, 4) is 12.3 Å². The fourth-order valence-electron chi connectivity index (χ4n) is 0.819. The molecule has 0 bridgehead atoms. The first-order valence-corrected chi connectivity index (χ1v) is 4.65. The van der Waals surface area contributed by atoms with Crippen LogP contribution in [0.5, 0.6) is 0 Å². The molecule has 74 valence electrons. The molecule has 0 aromatic carbocycles. The molecule has 0 rings (SSSR count). The molecule has 1 amide bonds. The maximum Gasteiger partial charge on any atom is 0.407 e. The van der Waals surface area contributed by atoms with Crippen molar-refractivity contribution in [3.05, 3.63) is 0 Å². The highest BCUT2D eigenvalue weighted by molar-refractivity contribution is 5.66. The van der Waals surface area contributed by atoms with Gasteiger partial charge in [-0.25, -0.2) is 4.79 Å². The van der Waals surface area contributed by atoms with Crippen LogP contribution in [-0.2, 0) is 4.74 Å². The van der Waals surface area contributed by atoms with Crippen molar-refractivity contribution < 1.29 is 9.53 Å². The normalized spacial score (nSPS) is 8.92. The molecule has 0 atom stereocenters. The van der Waals surface area contributed by atoms with Crippen molar-refractivity contribution in [1.82, 2.24) is 5.32 Å². The van der Waals surface area contributed by atoms with Crippen molar-refractivity contribution in [3.63, 3.8) is 0 Å². The smallest absolute Gasteiger partial charge is 0.407 e. The Balaban J connectivity index is 3.16. The molecule has 0 aromatic heterocycles. The first kappa shape index (κ1) is 11.8. The number of alkyl carbamates (subject to hydrolysis) is 1. The lowest BCUT2D eigenvalue weighted by molar-refractivity contribution is 0.148. The van der Waals surface area contributed by atoms with Crippen molar-refractivity contribution in [2.45, 2.75) is 32.6 Å². The second-order valence-corrected chi connectivity index (χ2v) is 2.72. The zero-order valence-corrected chi connectivity index (χ0v) is 8.14. The summed E-state index contributed by atoms with van der Waals surface area (Å²) in [7, 11) is 0. The van der Waals surface area contributed by atoms with Crippen molar-refractivity contribution in [1.29, 1.82) is 0 Å². The van der Waals surface area contributed by atoms with E-state index < -0.39 is 0 Å². The Morgan fingerprint density at radius 1 is 1.54 bits per heavy atom. The number of hydrogen-bond donors (Lipinski definition) is 1. The monoisotopic (exact) mass is 183 g/mol. The van der Waals surface area contributed by atoms with Gasteiger partial charge in [0.2, 0.25) is 0 Å². The summed E-state index contributed by atoms with van der Waals surface area (Å²) in [5.41, 5.74) is 0. The van der Waals surface area contributed by atoms with Crippen molar-refractivity contribution >= 4 is 6.09 Å². The number of terminal acetylenes is 1. The largest absolute Gasteiger partial charge is 0.449 e. The summed E-state index contributed by atoms with van der Waals surface area (Å²) in [5, 5.41) is 2.65. The molecule has 0 aliphatic heterocycles. The Labute approximate surface area is 79.8 Å². The van der Waals surface area contributed by atoms with Crippen LogP contribution in [-0.4, -0.2) is 19.2 Å². The summed E-state index contributed by atoms with van der Waals surface area (Å²) >= 11 is 0. The zero-order valence-electron chi connectivity index (χ0n) is 8.14. The third kappa shape index (κ3) is 8.74. The van der Waals surface area contributed by atoms with E-state index in [1.807, 2.05) is 0 Å². The summed E-state index contributed by atoms with van der Waals surface area (Å²) in [6, 6.07) is 0. The van der Waals surface area contributed by atoms with Crippen molar-refractivity contribution in [2.24, 2.45) is 0 Å². The van der Waals surface area contributed by atoms with Crippen LogP contribution >= 0.6 is 0 Å².